The van der Waals surface area contributed by atoms with E-state index in [4.69, 9.17) is 9.05 Å². The Morgan fingerprint density at radius 2 is 2.00 bits per heavy atom. The quantitative estimate of drug-likeness (QED) is 0.768. The van der Waals surface area contributed by atoms with E-state index in [1.54, 1.807) is 6.07 Å². The zero-order chi connectivity index (χ0) is 17.2. The summed E-state index contributed by atoms with van der Waals surface area (Å²) in [5.74, 6) is 1.98. The summed E-state index contributed by atoms with van der Waals surface area (Å²) < 4.78 is 10.4. The van der Waals surface area contributed by atoms with Crippen molar-refractivity contribution in [2.24, 2.45) is 0 Å². The van der Waals surface area contributed by atoms with Crippen molar-refractivity contribution in [2.75, 3.05) is 0 Å². The normalized spacial score (nSPS) is 19.4. The number of hydrogen-bond acceptors (Lipinski definition) is 6. The first-order valence-corrected chi connectivity index (χ1v) is 8.38. The van der Waals surface area contributed by atoms with Crippen molar-refractivity contribution in [2.45, 2.75) is 38.1 Å². The minimum Gasteiger partial charge on any atom is -0.355 e. The van der Waals surface area contributed by atoms with Crippen molar-refractivity contribution in [1.82, 2.24) is 20.6 Å². The number of rotatable bonds is 5. The number of amides is 1. The molecular formula is C18H18N4O3. The molecule has 1 aliphatic carbocycles. The highest BCUT2D eigenvalue weighted by atomic mass is 16.5. The van der Waals surface area contributed by atoms with Crippen LogP contribution in [0.2, 0.25) is 0 Å². The maximum absolute atomic E-state index is 12.3. The first-order valence-electron chi connectivity index (χ1n) is 8.38. The van der Waals surface area contributed by atoms with Crippen LogP contribution in [0.5, 0.6) is 0 Å². The first kappa shape index (κ1) is 15.6. The van der Waals surface area contributed by atoms with Gasteiger partial charge >= 0.3 is 0 Å². The van der Waals surface area contributed by atoms with E-state index in [1.807, 2.05) is 37.3 Å². The molecule has 128 valence electrons. The number of nitrogens with zero attached hydrogens (tertiary/aromatic N) is 3. The summed E-state index contributed by atoms with van der Waals surface area (Å²) in [6.07, 6.45) is 2.34. The second-order valence-electron chi connectivity index (χ2n) is 6.18. The second kappa shape index (κ2) is 6.51. The van der Waals surface area contributed by atoms with E-state index in [1.165, 1.54) is 0 Å². The molecular weight excluding hydrogens is 320 g/mol. The molecule has 0 bridgehead atoms. The van der Waals surface area contributed by atoms with Crippen LogP contribution in [0.15, 0.2) is 45.4 Å². The smallest absolute Gasteiger partial charge is 0.273 e. The van der Waals surface area contributed by atoms with Gasteiger partial charge in [0.25, 0.3) is 5.91 Å². The van der Waals surface area contributed by atoms with Crippen LogP contribution in [0, 0.1) is 0 Å². The number of aromatic nitrogens is 3. The highest BCUT2D eigenvalue weighted by Crippen LogP contribution is 2.35. The highest BCUT2D eigenvalue weighted by Gasteiger charge is 2.35. The standard InChI is InChI=1S/C18H18N4O3/c1-2-16-20-17(22-25-16)12-8-13(9-12)19-18(23)14-10-15(24-21-14)11-6-4-3-5-7-11/h3-7,10,12-13H,2,8-9H2,1H3,(H,19,23)/t12-,13+. The van der Waals surface area contributed by atoms with Crippen molar-refractivity contribution >= 4 is 5.91 Å². The Bertz CT molecular complexity index is 865. The van der Waals surface area contributed by atoms with Crippen LogP contribution in [0.25, 0.3) is 11.3 Å². The minimum atomic E-state index is -0.225. The maximum Gasteiger partial charge on any atom is 0.273 e. The fourth-order valence-corrected chi connectivity index (χ4v) is 2.90. The molecule has 2 heterocycles. The van der Waals surface area contributed by atoms with Gasteiger partial charge in [0, 0.05) is 30.0 Å². The van der Waals surface area contributed by atoms with Crippen LogP contribution < -0.4 is 5.32 Å². The molecule has 25 heavy (non-hydrogen) atoms. The van der Waals surface area contributed by atoms with E-state index in [9.17, 15) is 4.79 Å². The number of carbonyl (C=O) groups excluding carboxylic acids is 1. The molecule has 0 radical (unpaired) electrons. The predicted octanol–water partition coefficient (Wildman–Crippen LogP) is 2.96. The Morgan fingerprint density at radius 3 is 2.72 bits per heavy atom. The van der Waals surface area contributed by atoms with Crippen molar-refractivity contribution in [3.05, 3.63) is 53.8 Å². The van der Waals surface area contributed by atoms with Gasteiger partial charge in [-0.25, -0.2) is 0 Å². The molecule has 1 aliphatic rings. The molecule has 1 amide bonds. The van der Waals surface area contributed by atoms with E-state index >= 15 is 0 Å². The van der Waals surface area contributed by atoms with Crippen molar-refractivity contribution in [3.63, 3.8) is 0 Å². The van der Waals surface area contributed by atoms with Gasteiger partial charge in [-0.3, -0.25) is 4.79 Å². The van der Waals surface area contributed by atoms with Gasteiger partial charge in [-0.2, -0.15) is 4.98 Å². The monoisotopic (exact) mass is 338 g/mol. The summed E-state index contributed by atoms with van der Waals surface area (Å²) in [5.41, 5.74) is 1.18. The van der Waals surface area contributed by atoms with Crippen molar-refractivity contribution in [3.8, 4) is 11.3 Å². The van der Waals surface area contributed by atoms with E-state index in [0.29, 0.717) is 11.7 Å². The zero-order valence-electron chi connectivity index (χ0n) is 13.8. The van der Waals surface area contributed by atoms with Gasteiger partial charge in [-0.15, -0.1) is 0 Å². The minimum absolute atomic E-state index is 0.0953. The van der Waals surface area contributed by atoms with Crippen LogP contribution in [0.1, 0.15) is 47.9 Å². The summed E-state index contributed by atoms with van der Waals surface area (Å²) in [7, 11) is 0. The zero-order valence-corrected chi connectivity index (χ0v) is 13.8. The van der Waals surface area contributed by atoms with E-state index in [-0.39, 0.29) is 23.6 Å². The first-order chi connectivity index (χ1) is 12.2. The third-order valence-corrected chi connectivity index (χ3v) is 4.43. The van der Waals surface area contributed by atoms with Crippen molar-refractivity contribution in [1.29, 1.82) is 0 Å². The molecule has 0 saturated heterocycles. The van der Waals surface area contributed by atoms with E-state index < -0.39 is 0 Å². The van der Waals surface area contributed by atoms with Gasteiger partial charge in [-0.05, 0) is 12.8 Å². The van der Waals surface area contributed by atoms with Gasteiger partial charge in [0.05, 0.1) is 0 Å². The topological polar surface area (TPSA) is 94.1 Å². The van der Waals surface area contributed by atoms with Gasteiger partial charge in [0.2, 0.25) is 5.89 Å². The summed E-state index contributed by atoms with van der Waals surface area (Å²) in [6, 6.07) is 11.3. The SMILES string of the molecule is CCc1nc([C@H]2C[C@@H](NC(=O)c3cc(-c4ccccc4)on3)C2)no1. The molecule has 3 aromatic rings. The molecule has 1 fully saturated rings. The summed E-state index contributed by atoms with van der Waals surface area (Å²) in [6.45, 7) is 1.97. The van der Waals surface area contributed by atoms with E-state index in [2.05, 4.69) is 20.6 Å². The molecule has 2 aromatic heterocycles. The number of carbonyl (C=O) groups is 1. The van der Waals surface area contributed by atoms with Gasteiger partial charge in [-0.1, -0.05) is 47.6 Å². The molecule has 0 aliphatic heterocycles. The van der Waals surface area contributed by atoms with Crippen LogP contribution in [0.4, 0.5) is 0 Å². The molecule has 7 heteroatoms. The summed E-state index contributed by atoms with van der Waals surface area (Å²) in [4.78, 5) is 16.6. The average molecular weight is 338 g/mol. The predicted molar refractivity (Wildman–Crippen MR) is 88.8 cm³/mol. The lowest BCUT2D eigenvalue weighted by molar-refractivity contribution is 0.0898. The molecule has 7 nitrogen and oxygen atoms in total. The average Bonchev–Trinajstić information content (AvgIpc) is 3.27. The number of aryl methyl sites for hydroxylation is 1. The maximum atomic E-state index is 12.3. The molecule has 1 N–H and O–H groups in total. The molecule has 4 rings (SSSR count). The Kier molecular flexibility index (Phi) is 4.05. The molecule has 1 aromatic carbocycles. The van der Waals surface area contributed by atoms with Gasteiger partial charge in [0.15, 0.2) is 17.3 Å². The Hall–Kier alpha value is -2.96. The lowest BCUT2D eigenvalue weighted by atomic mass is 9.79. The molecule has 1 saturated carbocycles. The lowest BCUT2D eigenvalue weighted by Gasteiger charge is -2.33. The second-order valence-corrected chi connectivity index (χ2v) is 6.18. The largest absolute Gasteiger partial charge is 0.355 e. The third kappa shape index (κ3) is 3.17. The Labute approximate surface area is 144 Å². The van der Waals surface area contributed by atoms with Crippen LogP contribution in [-0.2, 0) is 6.42 Å². The highest BCUT2D eigenvalue weighted by molar-refractivity contribution is 5.93. The van der Waals surface area contributed by atoms with Crippen LogP contribution in [0.3, 0.4) is 0 Å². The fraction of sp³-hybridized carbons (Fsp3) is 0.333. The molecule has 0 unspecified atom stereocenters. The fourth-order valence-electron chi connectivity index (χ4n) is 2.90. The van der Waals surface area contributed by atoms with Gasteiger partial charge in [0.1, 0.15) is 0 Å². The number of hydrogen-bond donors (Lipinski definition) is 1. The van der Waals surface area contributed by atoms with Crippen molar-refractivity contribution < 1.29 is 13.8 Å². The third-order valence-electron chi connectivity index (χ3n) is 4.43. The molecule has 0 atom stereocenters. The molecule has 0 spiro atoms. The number of nitrogens with one attached hydrogen (secondary N) is 1. The summed E-state index contributed by atoms with van der Waals surface area (Å²) in [5, 5.41) is 10.8. The van der Waals surface area contributed by atoms with Crippen LogP contribution >= 0.6 is 0 Å². The summed E-state index contributed by atoms with van der Waals surface area (Å²) >= 11 is 0. The van der Waals surface area contributed by atoms with Crippen LogP contribution in [-0.4, -0.2) is 27.2 Å². The lowest BCUT2D eigenvalue weighted by Crippen LogP contribution is -2.43. The van der Waals surface area contributed by atoms with E-state index in [0.717, 1.165) is 30.7 Å². The Morgan fingerprint density at radius 1 is 1.20 bits per heavy atom. The Balaban J connectivity index is 1.34. The number of benzene rings is 1. The van der Waals surface area contributed by atoms with Gasteiger partial charge < -0.3 is 14.4 Å².